The number of aryl methyl sites for hydroxylation is 1. The van der Waals surface area contributed by atoms with Crippen LogP contribution in [0.15, 0.2) is 6.07 Å². The topological polar surface area (TPSA) is 47.0 Å². The predicted octanol–water partition coefficient (Wildman–Crippen LogP) is 2.56. The van der Waals surface area contributed by atoms with E-state index in [0.29, 0.717) is 0 Å². The molecule has 0 bridgehead atoms. The molecule has 4 nitrogen and oxygen atoms in total. The van der Waals surface area contributed by atoms with Crippen molar-refractivity contribution in [1.82, 2.24) is 15.3 Å². The van der Waals surface area contributed by atoms with Crippen molar-refractivity contribution in [1.29, 1.82) is 0 Å². The third-order valence-electron chi connectivity index (χ3n) is 3.24. The fourth-order valence-corrected chi connectivity index (χ4v) is 1.75. The third kappa shape index (κ3) is 3.75. The lowest BCUT2D eigenvalue weighted by Crippen LogP contribution is -2.27. The van der Waals surface area contributed by atoms with Crippen LogP contribution in [0.1, 0.15) is 50.8 Å². The maximum Gasteiger partial charge on any atom is 0.160 e. The van der Waals surface area contributed by atoms with Crippen molar-refractivity contribution in [2.75, 3.05) is 13.7 Å². The first-order chi connectivity index (χ1) is 8.55. The number of nitrogens with one attached hydrogen (secondary N) is 1. The maximum absolute atomic E-state index is 5.56. The van der Waals surface area contributed by atoms with Crippen LogP contribution in [0.2, 0.25) is 0 Å². The lowest BCUT2D eigenvalue weighted by molar-refractivity contribution is -0.00930. The Balaban J connectivity index is 2.93. The van der Waals surface area contributed by atoms with Crippen LogP contribution in [0.25, 0.3) is 0 Å². The normalized spacial score (nSPS) is 14.5. The highest BCUT2D eigenvalue weighted by Crippen LogP contribution is 2.25. The molecule has 0 saturated carbocycles. The van der Waals surface area contributed by atoms with Gasteiger partial charge in [0.05, 0.1) is 5.69 Å². The molecule has 0 aliphatic carbocycles. The van der Waals surface area contributed by atoms with Crippen LogP contribution in [0.3, 0.4) is 0 Å². The first kappa shape index (κ1) is 15.1. The number of methoxy groups -OCH3 is 1. The van der Waals surface area contributed by atoms with Gasteiger partial charge in [0.15, 0.2) is 5.82 Å². The van der Waals surface area contributed by atoms with Crippen LogP contribution in [-0.4, -0.2) is 23.6 Å². The molecule has 102 valence electrons. The first-order valence-electron chi connectivity index (χ1n) is 6.66. The third-order valence-corrected chi connectivity index (χ3v) is 3.24. The molecule has 0 aromatic carbocycles. The van der Waals surface area contributed by atoms with E-state index in [0.717, 1.165) is 43.1 Å². The highest BCUT2D eigenvalue weighted by atomic mass is 16.5. The summed E-state index contributed by atoms with van der Waals surface area (Å²) in [4.78, 5) is 9.13. The van der Waals surface area contributed by atoms with Crippen LogP contribution in [-0.2, 0) is 16.9 Å². The largest absolute Gasteiger partial charge is 0.371 e. The second-order valence-corrected chi connectivity index (χ2v) is 4.79. The van der Waals surface area contributed by atoms with Gasteiger partial charge in [0.25, 0.3) is 0 Å². The van der Waals surface area contributed by atoms with Crippen molar-refractivity contribution in [3.8, 4) is 0 Å². The van der Waals surface area contributed by atoms with Crippen molar-refractivity contribution < 1.29 is 4.74 Å². The molecule has 1 rings (SSSR count). The second-order valence-electron chi connectivity index (χ2n) is 4.79. The van der Waals surface area contributed by atoms with Crippen LogP contribution >= 0.6 is 0 Å². The molecule has 0 aliphatic heterocycles. The molecule has 0 saturated heterocycles. The Bertz CT molecular complexity index is 375. The zero-order valence-electron chi connectivity index (χ0n) is 12.2. The zero-order chi connectivity index (χ0) is 13.6. The molecule has 0 aliphatic rings. The van der Waals surface area contributed by atoms with E-state index in [1.165, 1.54) is 0 Å². The van der Waals surface area contributed by atoms with E-state index in [1.54, 1.807) is 7.11 Å². The van der Waals surface area contributed by atoms with Gasteiger partial charge in [0.1, 0.15) is 5.60 Å². The molecule has 1 N–H and O–H groups in total. The Hall–Kier alpha value is -1.00. The van der Waals surface area contributed by atoms with E-state index in [1.807, 2.05) is 19.9 Å². The minimum Gasteiger partial charge on any atom is -0.371 e. The molecular weight excluding hydrogens is 226 g/mol. The van der Waals surface area contributed by atoms with E-state index in [9.17, 15) is 0 Å². The Labute approximate surface area is 110 Å². The molecule has 1 atom stereocenters. The summed E-state index contributed by atoms with van der Waals surface area (Å²) in [5.74, 6) is 0.779. The average molecular weight is 251 g/mol. The van der Waals surface area contributed by atoms with Gasteiger partial charge in [-0.15, -0.1) is 0 Å². The summed E-state index contributed by atoms with van der Waals surface area (Å²) in [5.41, 5.74) is 1.62. The zero-order valence-corrected chi connectivity index (χ0v) is 12.2. The molecule has 0 amide bonds. The number of hydrogen-bond donors (Lipinski definition) is 1. The van der Waals surface area contributed by atoms with Crippen molar-refractivity contribution >= 4 is 0 Å². The van der Waals surface area contributed by atoms with Gasteiger partial charge in [-0.25, -0.2) is 9.97 Å². The van der Waals surface area contributed by atoms with Crippen molar-refractivity contribution in [2.24, 2.45) is 0 Å². The van der Waals surface area contributed by atoms with E-state index in [2.05, 4.69) is 29.1 Å². The summed E-state index contributed by atoms with van der Waals surface area (Å²) in [6.07, 6.45) is 1.98. The summed E-state index contributed by atoms with van der Waals surface area (Å²) >= 11 is 0. The molecule has 18 heavy (non-hydrogen) atoms. The summed E-state index contributed by atoms with van der Waals surface area (Å²) in [6, 6.07) is 2.03. The van der Waals surface area contributed by atoms with Crippen molar-refractivity contribution in [3.05, 3.63) is 23.3 Å². The summed E-state index contributed by atoms with van der Waals surface area (Å²) in [5, 5.41) is 3.36. The van der Waals surface area contributed by atoms with Crippen LogP contribution < -0.4 is 5.32 Å². The van der Waals surface area contributed by atoms with Gasteiger partial charge in [0, 0.05) is 19.3 Å². The van der Waals surface area contributed by atoms with Crippen molar-refractivity contribution in [3.63, 3.8) is 0 Å². The fraction of sp³-hybridized carbons (Fsp3) is 0.714. The standard InChI is InChI=1S/C14H25N3O/c1-6-8-15-10-12-9-11(3)16-13(17-12)14(4,7-2)18-5/h9,15H,6-8,10H2,1-5H3. The Morgan fingerprint density at radius 1 is 1.33 bits per heavy atom. The van der Waals surface area contributed by atoms with Crippen LogP contribution in [0, 0.1) is 6.92 Å². The van der Waals surface area contributed by atoms with Crippen molar-refractivity contribution in [2.45, 2.75) is 52.7 Å². The SMILES string of the molecule is CCCNCc1cc(C)nc(C(C)(CC)OC)n1. The Morgan fingerprint density at radius 2 is 2.06 bits per heavy atom. The number of aromatic nitrogens is 2. The van der Waals surface area contributed by atoms with Crippen LogP contribution in [0.5, 0.6) is 0 Å². The van der Waals surface area contributed by atoms with E-state index in [-0.39, 0.29) is 0 Å². The van der Waals surface area contributed by atoms with E-state index >= 15 is 0 Å². The number of hydrogen-bond acceptors (Lipinski definition) is 4. The Kier molecular flexibility index (Phi) is 5.69. The number of rotatable bonds is 7. The van der Waals surface area contributed by atoms with Gasteiger partial charge in [-0.3, -0.25) is 0 Å². The highest BCUT2D eigenvalue weighted by Gasteiger charge is 2.27. The number of ether oxygens (including phenoxy) is 1. The van der Waals surface area contributed by atoms with Crippen LogP contribution in [0.4, 0.5) is 0 Å². The average Bonchev–Trinajstić information content (AvgIpc) is 2.37. The first-order valence-corrected chi connectivity index (χ1v) is 6.66. The summed E-state index contributed by atoms with van der Waals surface area (Å²) < 4.78 is 5.56. The fourth-order valence-electron chi connectivity index (χ4n) is 1.75. The number of nitrogens with zero attached hydrogens (tertiary/aromatic N) is 2. The second kappa shape index (κ2) is 6.81. The van der Waals surface area contributed by atoms with Gasteiger partial charge in [-0.2, -0.15) is 0 Å². The molecule has 0 fully saturated rings. The Morgan fingerprint density at radius 3 is 2.61 bits per heavy atom. The van der Waals surface area contributed by atoms with Gasteiger partial charge in [0.2, 0.25) is 0 Å². The molecule has 4 heteroatoms. The summed E-state index contributed by atoms with van der Waals surface area (Å²) in [7, 11) is 1.71. The van der Waals surface area contributed by atoms with Gasteiger partial charge < -0.3 is 10.1 Å². The van der Waals surface area contributed by atoms with Gasteiger partial charge in [-0.05, 0) is 39.3 Å². The van der Waals surface area contributed by atoms with Gasteiger partial charge in [-0.1, -0.05) is 13.8 Å². The minimum absolute atomic E-state index is 0.397. The quantitative estimate of drug-likeness (QED) is 0.757. The predicted molar refractivity (Wildman–Crippen MR) is 73.4 cm³/mol. The molecule has 1 aromatic rings. The molecule has 0 radical (unpaired) electrons. The highest BCUT2D eigenvalue weighted by molar-refractivity contribution is 5.13. The maximum atomic E-state index is 5.56. The van der Waals surface area contributed by atoms with E-state index < -0.39 is 5.60 Å². The molecule has 0 spiro atoms. The van der Waals surface area contributed by atoms with Gasteiger partial charge >= 0.3 is 0 Å². The monoisotopic (exact) mass is 251 g/mol. The molecule has 1 aromatic heterocycles. The molecule has 1 unspecified atom stereocenters. The molecular formula is C14H25N3O. The lowest BCUT2D eigenvalue weighted by Gasteiger charge is -2.25. The minimum atomic E-state index is -0.397. The smallest absolute Gasteiger partial charge is 0.160 e. The summed E-state index contributed by atoms with van der Waals surface area (Å²) in [6.45, 7) is 10.1. The molecule has 1 heterocycles. The van der Waals surface area contributed by atoms with E-state index in [4.69, 9.17) is 4.74 Å². The lowest BCUT2D eigenvalue weighted by atomic mass is 10.0.